The number of hydrogen-bond acceptors (Lipinski definition) is 7. The Kier molecular flexibility index (Phi) is 7.55. The highest BCUT2D eigenvalue weighted by atomic mass is 19.2. The van der Waals surface area contributed by atoms with E-state index in [1.54, 1.807) is 16.8 Å². The van der Waals surface area contributed by atoms with Crippen molar-refractivity contribution >= 4 is 23.1 Å². The second kappa shape index (κ2) is 11.4. The summed E-state index contributed by atoms with van der Waals surface area (Å²) in [7, 11) is 1.29. The molecule has 2 N–H and O–H groups in total. The van der Waals surface area contributed by atoms with Gasteiger partial charge in [-0.25, -0.2) is 14.4 Å². The average molecular weight is 562 g/mol. The molecule has 214 valence electrons. The van der Waals surface area contributed by atoms with Crippen molar-refractivity contribution in [2.24, 2.45) is 0 Å². The summed E-state index contributed by atoms with van der Waals surface area (Å²) in [6.45, 7) is 7.28. The molecule has 1 amide bonds. The third-order valence-electron chi connectivity index (χ3n) is 7.99. The molecule has 4 aromatic rings. The predicted octanol–water partition coefficient (Wildman–Crippen LogP) is 4.24. The van der Waals surface area contributed by atoms with Crippen LogP contribution in [0.1, 0.15) is 28.8 Å². The van der Waals surface area contributed by atoms with Crippen LogP contribution in [0.3, 0.4) is 0 Å². The molecule has 41 heavy (non-hydrogen) atoms. The van der Waals surface area contributed by atoms with E-state index in [9.17, 15) is 13.6 Å². The molecule has 2 fully saturated rings. The fourth-order valence-corrected chi connectivity index (χ4v) is 5.74. The predicted molar refractivity (Wildman–Crippen MR) is 153 cm³/mol. The summed E-state index contributed by atoms with van der Waals surface area (Å²) in [6, 6.07) is 8.99. The summed E-state index contributed by atoms with van der Waals surface area (Å²) in [4.78, 5) is 26.5. The molecule has 0 aliphatic carbocycles. The molecule has 11 heteroatoms. The zero-order valence-electron chi connectivity index (χ0n) is 23.2. The number of piperazine rings is 1. The van der Waals surface area contributed by atoms with Crippen LogP contribution in [-0.2, 0) is 0 Å². The van der Waals surface area contributed by atoms with Crippen molar-refractivity contribution in [3.05, 3.63) is 71.7 Å². The summed E-state index contributed by atoms with van der Waals surface area (Å²) in [5.74, 6) is -1.75. The molecule has 2 aromatic carbocycles. The smallest absolute Gasteiger partial charge is 0.254 e. The van der Waals surface area contributed by atoms with Crippen LogP contribution in [0.2, 0.25) is 0 Å². The van der Waals surface area contributed by atoms with E-state index in [0.29, 0.717) is 28.8 Å². The number of methoxy groups -OCH3 is 1. The lowest BCUT2D eigenvalue weighted by Gasteiger charge is -2.36. The molecule has 0 bridgehead atoms. The van der Waals surface area contributed by atoms with Gasteiger partial charge in [-0.1, -0.05) is 0 Å². The van der Waals surface area contributed by atoms with Crippen LogP contribution in [0, 0.1) is 18.6 Å². The molecular formula is C30H33F2N7O2. The van der Waals surface area contributed by atoms with Gasteiger partial charge in [0.25, 0.3) is 5.91 Å². The largest absolute Gasteiger partial charge is 0.494 e. The number of anilines is 2. The number of nitrogens with zero attached hydrogens (tertiary/aromatic N) is 5. The molecule has 2 saturated heterocycles. The van der Waals surface area contributed by atoms with Gasteiger partial charge in [0, 0.05) is 68.0 Å². The Morgan fingerprint density at radius 2 is 1.95 bits per heavy atom. The number of carbonyl (C=O) groups excluding carboxylic acids is 1. The topological polar surface area (TPSA) is 87.0 Å². The molecule has 2 aliphatic heterocycles. The van der Waals surface area contributed by atoms with Gasteiger partial charge in [-0.05, 0) is 62.2 Å². The van der Waals surface area contributed by atoms with E-state index in [1.807, 2.05) is 30.0 Å². The van der Waals surface area contributed by atoms with Gasteiger partial charge in [-0.2, -0.15) is 4.39 Å². The standard InChI is InChI=1S/C30H33F2N7O2/c1-19-16-20(5-6-22(19)30(40)38-14-12-37(13-15-38)18-21-4-3-9-33-21)36-28-29-35-17-24(39(29)11-10-34-28)23-7-8-25(41-2)27(32)26(23)31/h5-8,10-11,16-17,21,33H,3-4,9,12-15,18H2,1-2H3,(H,34,36)/t21-/m0/s1. The monoisotopic (exact) mass is 561 g/mol. The van der Waals surface area contributed by atoms with Gasteiger partial charge in [-0.15, -0.1) is 0 Å². The number of rotatable bonds is 7. The van der Waals surface area contributed by atoms with Crippen LogP contribution in [0.4, 0.5) is 20.3 Å². The Morgan fingerprint density at radius 1 is 1.12 bits per heavy atom. The number of hydrogen-bond donors (Lipinski definition) is 2. The van der Waals surface area contributed by atoms with E-state index in [4.69, 9.17) is 4.74 Å². The highest BCUT2D eigenvalue weighted by molar-refractivity contribution is 5.96. The fraction of sp³-hybridized carbons (Fsp3) is 0.367. The van der Waals surface area contributed by atoms with Gasteiger partial charge in [0.05, 0.1) is 19.0 Å². The van der Waals surface area contributed by atoms with Crippen LogP contribution < -0.4 is 15.4 Å². The number of aryl methyl sites for hydroxylation is 1. The van der Waals surface area contributed by atoms with Crippen LogP contribution in [0.5, 0.6) is 5.75 Å². The summed E-state index contributed by atoms with van der Waals surface area (Å²) >= 11 is 0. The third kappa shape index (κ3) is 5.34. The van der Waals surface area contributed by atoms with E-state index in [-0.39, 0.29) is 17.2 Å². The minimum absolute atomic E-state index is 0.0413. The number of ether oxygens (including phenoxy) is 1. The maximum absolute atomic E-state index is 14.8. The highest BCUT2D eigenvalue weighted by Gasteiger charge is 2.26. The molecule has 0 unspecified atom stereocenters. The molecule has 0 spiro atoms. The zero-order chi connectivity index (χ0) is 28.5. The Morgan fingerprint density at radius 3 is 2.68 bits per heavy atom. The van der Waals surface area contributed by atoms with Gasteiger partial charge in [0.1, 0.15) is 0 Å². The van der Waals surface area contributed by atoms with Crippen molar-refractivity contribution < 1.29 is 18.3 Å². The zero-order valence-corrected chi connectivity index (χ0v) is 23.2. The minimum atomic E-state index is -1.05. The van der Waals surface area contributed by atoms with Gasteiger partial charge in [0.15, 0.2) is 23.0 Å². The first kappa shape index (κ1) is 27.1. The number of halogens is 2. The number of nitrogens with one attached hydrogen (secondary N) is 2. The quantitative estimate of drug-likeness (QED) is 0.349. The van der Waals surface area contributed by atoms with Gasteiger partial charge < -0.3 is 20.3 Å². The lowest BCUT2D eigenvalue weighted by Crippen LogP contribution is -2.51. The summed E-state index contributed by atoms with van der Waals surface area (Å²) < 4.78 is 35.7. The normalized spacial score (nSPS) is 17.8. The lowest BCUT2D eigenvalue weighted by atomic mass is 10.1. The molecule has 0 radical (unpaired) electrons. The maximum atomic E-state index is 14.8. The van der Waals surface area contributed by atoms with Crippen molar-refractivity contribution in [3.8, 4) is 17.0 Å². The average Bonchev–Trinajstić information content (AvgIpc) is 3.65. The van der Waals surface area contributed by atoms with Crippen molar-refractivity contribution in [1.82, 2.24) is 29.5 Å². The molecular weight excluding hydrogens is 528 g/mol. The fourth-order valence-electron chi connectivity index (χ4n) is 5.74. The maximum Gasteiger partial charge on any atom is 0.254 e. The van der Waals surface area contributed by atoms with E-state index in [2.05, 4.69) is 25.5 Å². The first-order valence-corrected chi connectivity index (χ1v) is 13.9. The van der Waals surface area contributed by atoms with Gasteiger partial charge in [0.2, 0.25) is 5.82 Å². The number of imidazole rings is 1. The first-order chi connectivity index (χ1) is 19.9. The Balaban J connectivity index is 1.16. The second-order valence-corrected chi connectivity index (χ2v) is 10.6. The van der Waals surface area contributed by atoms with Crippen molar-refractivity contribution in [1.29, 1.82) is 0 Å². The first-order valence-electron chi connectivity index (χ1n) is 13.9. The van der Waals surface area contributed by atoms with E-state index < -0.39 is 11.6 Å². The molecule has 2 aromatic heterocycles. The number of benzene rings is 2. The van der Waals surface area contributed by atoms with Gasteiger partial charge >= 0.3 is 0 Å². The Hall–Kier alpha value is -4.09. The second-order valence-electron chi connectivity index (χ2n) is 10.6. The molecule has 4 heterocycles. The van der Waals surface area contributed by atoms with E-state index >= 15 is 0 Å². The molecule has 9 nitrogen and oxygen atoms in total. The van der Waals surface area contributed by atoms with Crippen LogP contribution in [0.15, 0.2) is 48.9 Å². The summed E-state index contributed by atoms with van der Waals surface area (Å²) in [5, 5.41) is 6.81. The van der Waals surface area contributed by atoms with Crippen molar-refractivity contribution in [3.63, 3.8) is 0 Å². The molecule has 1 atom stereocenters. The third-order valence-corrected chi connectivity index (χ3v) is 7.99. The Labute approximate surface area is 237 Å². The number of fused-ring (bicyclic) bond motifs is 1. The molecule has 6 rings (SSSR count). The lowest BCUT2D eigenvalue weighted by molar-refractivity contribution is 0.0627. The number of aromatic nitrogens is 3. The van der Waals surface area contributed by atoms with Crippen molar-refractivity contribution in [2.75, 3.05) is 51.7 Å². The van der Waals surface area contributed by atoms with Gasteiger partial charge in [-0.3, -0.25) is 14.1 Å². The number of carbonyl (C=O) groups is 1. The van der Waals surface area contributed by atoms with E-state index in [1.165, 1.54) is 38.3 Å². The number of amides is 1. The summed E-state index contributed by atoms with van der Waals surface area (Å²) in [5.41, 5.74) is 3.14. The molecule has 0 saturated carbocycles. The van der Waals surface area contributed by atoms with Crippen LogP contribution in [0.25, 0.3) is 16.9 Å². The Bertz CT molecular complexity index is 1580. The summed E-state index contributed by atoms with van der Waals surface area (Å²) in [6.07, 6.45) is 7.15. The van der Waals surface area contributed by atoms with Crippen LogP contribution >= 0.6 is 0 Å². The molecule has 2 aliphatic rings. The van der Waals surface area contributed by atoms with Crippen molar-refractivity contribution in [2.45, 2.75) is 25.8 Å². The van der Waals surface area contributed by atoms with Crippen LogP contribution in [-0.4, -0.2) is 82.5 Å². The highest BCUT2D eigenvalue weighted by Crippen LogP contribution is 2.31. The minimum Gasteiger partial charge on any atom is -0.494 e. The SMILES string of the molecule is COc1ccc(-c2cnc3c(Nc4ccc(C(=O)N5CCN(C[C@@H]6CCCN6)CC5)c(C)c4)nccn23)c(F)c1F. The van der Waals surface area contributed by atoms with E-state index in [0.717, 1.165) is 50.5 Å².